The van der Waals surface area contributed by atoms with Crippen molar-refractivity contribution < 1.29 is 9.90 Å². The molecular weight excluding hydrogens is 140 g/mol. The number of aliphatic hydroxyl groups excluding tert-OH is 1. The lowest BCUT2D eigenvalue weighted by atomic mass is 10.2. The van der Waals surface area contributed by atoms with E-state index in [-0.39, 0.29) is 5.78 Å². The highest BCUT2D eigenvalue weighted by atomic mass is 16.3. The van der Waals surface area contributed by atoms with Crippen LogP contribution >= 0.6 is 0 Å². The number of hydrogen-bond acceptors (Lipinski definition) is 2. The Labute approximate surface area is 67.6 Å². The lowest BCUT2D eigenvalue weighted by Gasteiger charge is -1.91. The zero-order valence-electron chi connectivity index (χ0n) is 7.05. The maximum absolute atomic E-state index is 10.7. The molecule has 2 nitrogen and oxygen atoms in total. The lowest BCUT2D eigenvalue weighted by molar-refractivity contribution is -0.120. The summed E-state index contributed by atoms with van der Waals surface area (Å²) in [6.45, 7) is 3.50. The van der Waals surface area contributed by atoms with E-state index in [1.54, 1.807) is 0 Å². The van der Waals surface area contributed by atoms with Gasteiger partial charge in [-0.1, -0.05) is 19.3 Å². The Hall–Kier alpha value is -0.810. The summed E-state index contributed by atoms with van der Waals surface area (Å²) in [4.78, 5) is 10.7. The van der Waals surface area contributed by atoms with E-state index < -0.39 is 6.10 Å². The van der Waals surface area contributed by atoms with Gasteiger partial charge >= 0.3 is 0 Å². The molecule has 0 fully saturated rings. The quantitative estimate of drug-likeness (QED) is 0.376. The molecule has 0 heterocycles. The summed E-state index contributed by atoms with van der Waals surface area (Å²) in [6, 6.07) is 0. The Balaban J connectivity index is 3.60. The van der Waals surface area contributed by atoms with Crippen molar-refractivity contribution in [1.82, 2.24) is 0 Å². The zero-order valence-corrected chi connectivity index (χ0v) is 7.05. The van der Waals surface area contributed by atoms with E-state index in [1.165, 1.54) is 6.92 Å². The number of aliphatic hydroxyl groups is 1. The standard InChI is InChI=1S/C9H14O2/c1-3-4-5-6-7-9(11)8(2)10/h8,10H,3-5H2,1-2H3/t8-/m0/s1. The Morgan fingerprint density at radius 2 is 2.27 bits per heavy atom. The molecule has 0 amide bonds. The number of carbonyl (C=O) groups is 1. The van der Waals surface area contributed by atoms with Gasteiger partial charge < -0.3 is 5.11 Å². The number of Topliss-reactive ketones (excluding diaryl/α,β-unsaturated/α-hetero) is 1. The number of carbonyl (C=O) groups excluding carboxylic acids is 1. The summed E-state index contributed by atoms with van der Waals surface area (Å²) >= 11 is 0. The number of hydrogen-bond donors (Lipinski definition) is 1. The van der Waals surface area contributed by atoms with E-state index in [0.29, 0.717) is 0 Å². The first-order valence-electron chi connectivity index (χ1n) is 3.89. The van der Waals surface area contributed by atoms with E-state index in [2.05, 4.69) is 18.8 Å². The van der Waals surface area contributed by atoms with Crippen LogP contribution in [0.3, 0.4) is 0 Å². The van der Waals surface area contributed by atoms with Gasteiger partial charge in [-0.15, -0.1) is 0 Å². The molecule has 0 spiro atoms. The minimum atomic E-state index is -0.941. The number of ketones is 1. The third-order valence-electron chi connectivity index (χ3n) is 1.25. The summed E-state index contributed by atoms with van der Waals surface area (Å²) in [6.07, 6.45) is 1.90. The van der Waals surface area contributed by atoms with E-state index >= 15 is 0 Å². The van der Waals surface area contributed by atoms with Gasteiger partial charge in [0.1, 0.15) is 6.10 Å². The van der Waals surface area contributed by atoms with E-state index in [1.807, 2.05) is 0 Å². The van der Waals surface area contributed by atoms with Crippen LogP contribution in [0.5, 0.6) is 0 Å². The van der Waals surface area contributed by atoms with Gasteiger partial charge in [-0.05, 0) is 19.3 Å². The first-order valence-corrected chi connectivity index (χ1v) is 3.89. The second kappa shape index (κ2) is 5.94. The predicted octanol–water partition coefficient (Wildman–Crippen LogP) is 1.13. The van der Waals surface area contributed by atoms with Gasteiger partial charge in [0.2, 0.25) is 5.78 Å². The molecule has 2 heteroatoms. The third kappa shape index (κ3) is 5.63. The normalized spacial score (nSPS) is 11.5. The molecule has 0 saturated heterocycles. The molecule has 11 heavy (non-hydrogen) atoms. The molecule has 0 radical (unpaired) electrons. The van der Waals surface area contributed by atoms with Crippen LogP contribution in [0.25, 0.3) is 0 Å². The topological polar surface area (TPSA) is 37.3 Å². The van der Waals surface area contributed by atoms with Crippen LogP contribution in [0.15, 0.2) is 0 Å². The predicted molar refractivity (Wildman–Crippen MR) is 44.0 cm³/mol. The van der Waals surface area contributed by atoms with Crippen molar-refractivity contribution in [3.8, 4) is 11.8 Å². The van der Waals surface area contributed by atoms with Gasteiger partial charge in [-0.25, -0.2) is 0 Å². The fraction of sp³-hybridized carbons (Fsp3) is 0.667. The van der Waals surface area contributed by atoms with E-state index in [9.17, 15) is 4.79 Å². The van der Waals surface area contributed by atoms with Crippen molar-refractivity contribution in [2.75, 3.05) is 0 Å². The molecule has 0 unspecified atom stereocenters. The highest BCUT2D eigenvalue weighted by Gasteiger charge is 2.02. The maximum Gasteiger partial charge on any atom is 0.233 e. The largest absolute Gasteiger partial charge is 0.385 e. The average Bonchev–Trinajstić information content (AvgIpc) is 1.97. The Morgan fingerprint density at radius 3 is 2.73 bits per heavy atom. The molecule has 0 aliphatic heterocycles. The molecule has 0 aliphatic carbocycles. The van der Waals surface area contributed by atoms with Crippen LogP contribution in [0.2, 0.25) is 0 Å². The fourth-order valence-corrected chi connectivity index (χ4v) is 0.519. The second-order valence-electron chi connectivity index (χ2n) is 2.45. The molecule has 62 valence electrons. The summed E-state index contributed by atoms with van der Waals surface area (Å²) in [5.74, 6) is 4.70. The van der Waals surface area contributed by atoms with Crippen molar-refractivity contribution >= 4 is 5.78 Å². The molecule has 0 aromatic rings. The molecule has 0 aromatic heterocycles. The maximum atomic E-state index is 10.7. The van der Waals surface area contributed by atoms with Crippen LogP contribution in [-0.2, 0) is 4.79 Å². The molecule has 0 aliphatic rings. The van der Waals surface area contributed by atoms with Gasteiger partial charge in [0, 0.05) is 6.42 Å². The Morgan fingerprint density at radius 1 is 1.64 bits per heavy atom. The fourth-order valence-electron chi connectivity index (χ4n) is 0.519. The summed E-state index contributed by atoms with van der Waals surface area (Å²) in [5.41, 5.74) is 0. The monoisotopic (exact) mass is 154 g/mol. The van der Waals surface area contributed by atoms with E-state index in [0.717, 1.165) is 19.3 Å². The Kier molecular flexibility index (Phi) is 5.50. The minimum absolute atomic E-state index is 0.388. The molecule has 1 N–H and O–H groups in total. The average molecular weight is 154 g/mol. The molecule has 0 rings (SSSR count). The molecule has 0 aromatic carbocycles. The second-order valence-corrected chi connectivity index (χ2v) is 2.45. The summed E-state index contributed by atoms with van der Waals surface area (Å²) in [5, 5.41) is 8.73. The van der Waals surface area contributed by atoms with Crippen molar-refractivity contribution in [3.05, 3.63) is 0 Å². The van der Waals surface area contributed by atoms with Crippen molar-refractivity contribution in [1.29, 1.82) is 0 Å². The third-order valence-corrected chi connectivity index (χ3v) is 1.25. The lowest BCUT2D eigenvalue weighted by Crippen LogP contribution is -2.12. The van der Waals surface area contributed by atoms with Gasteiger partial charge in [-0.2, -0.15) is 0 Å². The molecule has 0 saturated carbocycles. The zero-order chi connectivity index (χ0) is 8.69. The minimum Gasteiger partial charge on any atom is -0.385 e. The van der Waals surface area contributed by atoms with Gasteiger partial charge in [0.25, 0.3) is 0 Å². The van der Waals surface area contributed by atoms with Crippen molar-refractivity contribution in [3.63, 3.8) is 0 Å². The van der Waals surface area contributed by atoms with Gasteiger partial charge in [-0.3, -0.25) is 4.79 Å². The molecule has 1 atom stereocenters. The van der Waals surface area contributed by atoms with Gasteiger partial charge in [0.05, 0.1) is 0 Å². The van der Waals surface area contributed by atoms with Crippen LogP contribution in [-0.4, -0.2) is 17.0 Å². The van der Waals surface area contributed by atoms with Crippen molar-refractivity contribution in [2.24, 2.45) is 0 Å². The van der Waals surface area contributed by atoms with Gasteiger partial charge in [0.15, 0.2) is 0 Å². The van der Waals surface area contributed by atoms with Crippen LogP contribution in [0.4, 0.5) is 0 Å². The highest BCUT2D eigenvalue weighted by molar-refractivity contribution is 5.98. The summed E-state index contributed by atoms with van der Waals surface area (Å²) in [7, 11) is 0. The number of rotatable bonds is 3. The van der Waals surface area contributed by atoms with E-state index in [4.69, 9.17) is 5.11 Å². The van der Waals surface area contributed by atoms with Crippen LogP contribution in [0, 0.1) is 11.8 Å². The molecule has 0 bridgehead atoms. The SMILES string of the molecule is CCCCC#CC(=O)[C@H](C)O. The van der Waals surface area contributed by atoms with Crippen LogP contribution < -0.4 is 0 Å². The smallest absolute Gasteiger partial charge is 0.233 e. The first-order chi connectivity index (χ1) is 5.18. The van der Waals surface area contributed by atoms with Crippen molar-refractivity contribution in [2.45, 2.75) is 39.2 Å². The Bertz CT molecular complexity index is 172. The number of unbranched alkanes of at least 4 members (excludes halogenated alkanes) is 2. The molecular formula is C9H14O2. The summed E-state index contributed by atoms with van der Waals surface area (Å²) < 4.78 is 0. The first kappa shape index (κ1) is 10.2. The van der Waals surface area contributed by atoms with Crippen LogP contribution in [0.1, 0.15) is 33.1 Å². The highest BCUT2D eigenvalue weighted by Crippen LogP contribution is 1.90.